The summed E-state index contributed by atoms with van der Waals surface area (Å²) >= 11 is 0. The van der Waals surface area contributed by atoms with Crippen LogP contribution < -0.4 is 0 Å². The first-order chi connectivity index (χ1) is 8.20. The van der Waals surface area contributed by atoms with E-state index in [1.165, 1.54) is 24.8 Å². The van der Waals surface area contributed by atoms with Crippen molar-refractivity contribution >= 4 is 5.97 Å². The molecule has 17 heavy (non-hydrogen) atoms. The number of rotatable bonds is 2. The van der Waals surface area contributed by atoms with Crippen molar-refractivity contribution in [3.8, 4) is 0 Å². The third kappa shape index (κ3) is 1.75. The van der Waals surface area contributed by atoms with Gasteiger partial charge in [-0.1, -0.05) is 12.1 Å². The normalized spacial score (nSPS) is 31.4. The first-order valence-corrected chi connectivity index (χ1v) is 6.26. The summed E-state index contributed by atoms with van der Waals surface area (Å²) in [6.07, 6.45) is 3.53. The molecule has 0 aromatic heterocycles. The number of nitrogens with zero attached hydrogens (tertiary/aromatic N) is 1. The molecule has 90 valence electrons. The van der Waals surface area contributed by atoms with E-state index < -0.39 is 5.97 Å². The van der Waals surface area contributed by atoms with Gasteiger partial charge in [0.05, 0.1) is 5.56 Å². The van der Waals surface area contributed by atoms with Crippen molar-refractivity contribution in [2.45, 2.75) is 24.7 Å². The summed E-state index contributed by atoms with van der Waals surface area (Å²) in [6.45, 7) is 3.49. The van der Waals surface area contributed by atoms with Crippen molar-refractivity contribution < 1.29 is 9.90 Å². The van der Waals surface area contributed by atoms with Gasteiger partial charge in [0, 0.05) is 0 Å². The summed E-state index contributed by atoms with van der Waals surface area (Å²) in [6, 6.07) is 7.55. The molecule has 3 heteroatoms. The third-order valence-corrected chi connectivity index (χ3v) is 4.44. The molecule has 3 heterocycles. The first-order valence-electron chi connectivity index (χ1n) is 6.26. The maximum absolute atomic E-state index is 11.0. The second-order valence-electron chi connectivity index (χ2n) is 5.26. The number of aromatic carboxylic acids is 1. The minimum absolute atomic E-state index is 0.250. The summed E-state index contributed by atoms with van der Waals surface area (Å²) < 4.78 is 0. The molecule has 0 radical (unpaired) electrons. The second kappa shape index (κ2) is 3.84. The molecule has 4 rings (SSSR count). The van der Waals surface area contributed by atoms with Crippen LogP contribution >= 0.6 is 0 Å². The Morgan fingerprint density at radius 1 is 1.18 bits per heavy atom. The average Bonchev–Trinajstić information content (AvgIpc) is 2.41. The van der Waals surface area contributed by atoms with Crippen LogP contribution in [0.3, 0.4) is 0 Å². The molecule has 0 unspecified atom stereocenters. The fraction of sp³-hybridized carbons (Fsp3) is 0.500. The molecule has 3 nitrogen and oxygen atoms in total. The van der Waals surface area contributed by atoms with Gasteiger partial charge in [-0.15, -0.1) is 0 Å². The number of hydrogen-bond acceptors (Lipinski definition) is 2. The number of carboxylic acids is 1. The zero-order valence-electron chi connectivity index (χ0n) is 9.85. The van der Waals surface area contributed by atoms with Crippen molar-refractivity contribution in [1.82, 2.24) is 4.90 Å². The highest BCUT2D eigenvalue weighted by atomic mass is 16.4. The lowest BCUT2D eigenvalue weighted by Crippen LogP contribution is -2.50. The average molecular weight is 231 g/mol. The Morgan fingerprint density at radius 3 is 2.41 bits per heavy atom. The van der Waals surface area contributed by atoms with Crippen LogP contribution in [0, 0.1) is 0 Å². The molecule has 0 aliphatic carbocycles. The Labute approximate surface area is 101 Å². The van der Waals surface area contributed by atoms with E-state index in [-0.39, 0.29) is 5.41 Å². The molecule has 3 fully saturated rings. The SMILES string of the molecule is O=C(O)c1cccc(C23CCN(CC2)CC3)c1. The lowest BCUT2D eigenvalue weighted by atomic mass is 9.67. The maximum atomic E-state index is 11.0. The van der Waals surface area contributed by atoms with E-state index in [1.54, 1.807) is 6.07 Å². The van der Waals surface area contributed by atoms with Crippen LogP contribution in [0.1, 0.15) is 35.2 Å². The standard InChI is InChI=1S/C14H17NO2/c16-13(17)11-2-1-3-12(10-11)14-4-7-15(8-5-14)9-6-14/h1-3,10H,4-9H2,(H,16,17). The van der Waals surface area contributed by atoms with Crippen molar-refractivity contribution in [1.29, 1.82) is 0 Å². The Bertz CT molecular complexity index is 434. The summed E-state index contributed by atoms with van der Waals surface area (Å²) in [5, 5.41) is 9.07. The number of hydrogen-bond donors (Lipinski definition) is 1. The number of piperidine rings is 3. The Morgan fingerprint density at radius 2 is 1.82 bits per heavy atom. The predicted molar refractivity (Wildman–Crippen MR) is 65.4 cm³/mol. The lowest BCUT2D eigenvalue weighted by Gasteiger charge is -2.49. The van der Waals surface area contributed by atoms with E-state index in [0.29, 0.717) is 5.56 Å². The highest BCUT2D eigenvalue weighted by molar-refractivity contribution is 5.87. The molecule has 1 aromatic carbocycles. The second-order valence-corrected chi connectivity index (χ2v) is 5.26. The fourth-order valence-electron chi connectivity index (χ4n) is 3.24. The highest BCUT2D eigenvalue weighted by Gasteiger charge is 2.40. The molecule has 0 amide bonds. The number of benzene rings is 1. The molecule has 1 aromatic rings. The van der Waals surface area contributed by atoms with Crippen LogP contribution in [0.15, 0.2) is 24.3 Å². The van der Waals surface area contributed by atoms with E-state index >= 15 is 0 Å². The topological polar surface area (TPSA) is 40.5 Å². The highest BCUT2D eigenvalue weighted by Crippen LogP contribution is 2.42. The van der Waals surface area contributed by atoms with E-state index in [1.807, 2.05) is 12.1 Å². The molecule has 2 bridgehead atoms. The predicted octanol–water partition coefficient (Wildman–Crippen LogP) is 2.12. The number of carboxylic acid groups (broad SMARTS) is 1. The largest absolute Gasteiger partial charge is 0.478 e. The van der Waals surface area contributed by atoms with Crippen LogP contribution in [-0.4, -0.2) is 35.6 Å². The quantitative estimate of drug-likeness (QED) is 0.847. The van der Waals surface area contributed by atoms with Gasteiger partial charge in [-0.3, -0.25) is 0 Å². The molecule has 0 atom stereocenters. The monoisotopic (exact) mass is 231 g/mol. The third-order valence-electron chi connectivity index (χ3n) is 4.44. The van der Waals surface area contributed by atoms with Gasteiger partial charge in [-0.25, -0.2) is 4.79 Å². The van der Waals surface area contributed by atoms with Gasteiger partial charge in [-0.2, -0.15) is 0 Å². The van der Waals surface area contributed by atoms with Crippen molar-refractivity contribution in [3.63, 3.8) is 0 Å². The zero-order valence-corrected chi connectivity index (χ0v) is 9.85. The molecular weight excluding hydrogens is 214 g/mol. The zero-order chi connectivity index (χ0) is 11.9. The van der Waals surface area contributed by atoms with Crippen LogP contribution in [0.25, 0.3) is 0 Å². The van der Waals surface area contributed by atoms with Gasteiger partial charge < -0.3 is 10.0 Å². The van der Waals surface area contributed by atoms with E-state index in [4.69, 9.17) is 5.11 Å². The van der Waals surface area contributed by atoms with Gasteiger partial charge in [0.2, 0.25) is 0 Å². The van der Waals surface area contributed by atoms with Crippen LogP contribution in [0.2, 0.25) is 0 Å². The summed E-state index contributed by atoms with van der Waals surface area (Å²) in [5.74, 6) is -0.823. The van der Waals surface area contributed by atoms with Gasteiger partial charge in [-0.05, 0) is 62.0 Å². The summed E-state index contributed by atoms with van der Waals surface area (Å²) in [5.41, 5.74) is 1.90. The van der Waals surface area contributed by atoms with Crippen LogP contribution in [0.4, 0.5) is 0 Å². The van der Waals surface area contributed by atoms with Gasteiger partial charge in [0.25, 0.3) is 0 Å². The Balaban J connectivity index is 1.97. The molecule has 3 aliphatic rings. The molecule has 0 saturated carbocycles. The van der Waals surface area contributed by atoms with E-state index in [0.717, 1.165) is 19.6 Å². The fourth-order valence-corrected chi connectivity index (χ4v) is 3.24. The Hall–Kier alpha value is -1.35. The molecule has 3 saturated heterocycles. The Kier molecular flexibility index (Phi) is 2.44. The van der Waals surface area contributed by atoms with E-state index in [2.05, 4.69) is 11.0 Å². The summed E-state index contributed by atoms with van der Waals surface area (Å²) in [4.78, 5) is 13.5. The minimum atomic E-state index is -0.823. The van der Waals surface area contributed by atoms with Crippen LogP contribution in [-0.2, 0) is 5.41 Å². The van der Waals surface area contributed by atoms with Gasteiger partial charge in [0.15, 0.2) is 0 Å². The van der Waals surface area contributed by atoms with Crippen molar-refractivity contribution in [2.75, 3.05) is 19.6 Å². The molecular formula is C14H17NO2. The number of carbonyl (C=O) groups is 1. The van der Waals surface area contributed by atoms with Crippen molar-refractivity contribution in [2.24, 2.45) is 0 Å². The first kappa shape index (κ1) is 10.8. The molecule has 0 spiro atoms. The molecule has 1 N–H and O–H groups in total. The number of fused-ring (bicyclic) bond motifs is 3. The maximum Gasteiger partial charge on any atom is 0.335 e. The van der Waals surface area contributed by atoms with Crippen LogP contribution in [0.5, 0.6) is 0 Å². The minimum Gasteiger partial charge on any atom is -0.478 e. The molecule has 3 aliphatic heterocycles. The van der Waals surface area contributed by atoms with E-state index in [9.17, 15) is 4.79 Å². The summed E-state index contributed by atoms with van der Waals surface area (Å²) in [7, 11) is 0. The van der Waals surface area contributed by atoms with Crippen molar-refractivity contribution in [3.05, 3.63) is 35.4 Å². The lowest BCUT2D eigenvalue weighted by molar-refractivity contribution is 0.0694. The smallest absolute Gasteiger partial charge is 0.335 e. The van der Waals surface area contributed by atoms with Gasteiger partial charge >= 0.3 is 5.97 Å². The van der Waals surface area contributed by atoms with Gasteiger partial charge in [0.1, 0.15) is 0 Å².